The van der Waals surface area contributed by atoms with E-state index in [1.165, 1.54) is 31.4 Å². The molecule has 22 heavy (non-hydrogen) atoms. The Morgan fingerprint density at radius 1 is 1.09 bits per heavy atom. The van der Waals surface area contributed by atoms with E-state index in [0.717, 1.165) is 0 Å². The van der Waals surface area contributed by atoms with E-state index in [9.17, 15) is 19.5 Å². The molecule has 0 bridgehead atoms. The molecule has 7 nitrogen and oxygen atoms in total. The number of carboxylic acids is 1. The number of carbonyl (C=O) groups is 3. The molecule has 0 aliphatic heterocycles. The van der Waals surface area contributed by atoms with Crippen LogP contribution in [0.3, 0.4) is 0 Å². The number of amides is 2. The van der Waals surface area contributed by atoms with Crippen molar-refractivity contribution in [3.63, 3.8) is 0 Å². The third-order valence-electron chi connectivity index (χ3n) is 2.87. The van der Waals surface area contributed by atoms with Crippen LogP contribution in [0.4, 0.5) is 5.69 Å². The summed E-state index contributed by atoms with van der Waals surface area (Å²) < 4.78 is 4.97. The summed E-state index contributed by atoms with van der Waals surface area (Å²) >= 11 is 0. The number of nitrogens with one attached hydrogen (secondary N) is 2. The molecule has 0 spiro atoms. The lowest BCUT2D eigenvalue weighted by molar-refractivity contribution is -0.307. The van der Waals surface area contributed by atoms with Crippen molar-refractivity contribution in [2.75, 3.05) is 5.32 Å². The molecular weight excluding hydrogens is 288 g/mol. The maximum atomic E-state index is 12.1. The molecule has 2 amide bonds. The first kappa shape index (κ1) is 15.3. The SMILES string of the molecule is C[C@H](NC(=O)c1ccccc1NC(=O)c1ccco1)C(=O)[O-]. The van der Waals surface area contributed by atoms with Gasteiger partial charge in [0.05, 0.1) is 29.5 Å². The Balaban J connectivity index is 2.18. The van der Waals surface area contributed by atoms with Gasteiger partial charge < -0.3 is 25.0 Å². The van der Waals surface area contributed by atoms with Gasteiger partial charge in [0.2, 0.25) is 0 Å². The maximum Gasteiger partial charge on any atom is 0.291 e. The summed E-state index contributed by atoms with van der Waals surface area (Å²) in [5.74, 6) is -2.45. The molecule has 2 N–H and O–H groups in total. The van der Waals surface area contributed by atoms with Crippen molar-refractivity contribution < 1.29 is 23.9 Å². The predicted octanol–water partition coefficient (Wildman–Crippen LogP) is 0.400. The van der Waals surface area contributed by atoms with Gasteiger partial charge in [0.1, 0.15) is 0 Å². The van der Waals surface area contributed by atoms with Crippen molar-refractivity contribution in [2.45, 2.75) is 13.0 Å². The van der Waals surface area contributed by atoms with Gasteiger partial charge in [-0.25, -0.2) is 0 Å². The second kappa shape index (κ2) is 6.57. The van der Waals surface area contributed by atoms with Gasteiger partial charge in [-0.3, -0.25) is 9.59 Å². The number of furan rings is 1. The summed E-state index contributed by atoms with van der Waals surface area (Å²) in [6, 6.07) is 8.12. The Morgan fingerprint density at radius 3 is 2.45 bits per heavy atom. The van der Waals surface area contributed by atoms with Gasteiger partial charge in [-0.2, -0.15) is 0 Å². The lowest BCUT2D eigenvalue weighted by Gasteiger charge is -2.16. The third kappa shape index (κ3) is 3.51. The molecule has 0 aliphatic rings. The minimum atomic E-state index is -1.40. The minimum Gasteiger partial charge on any atom is -0.548 e. The molecule has 0 unspecified atom stereocenters. The normalized spacial score (nSPS) is 11.5. The Kier molecular flexibility index (Phi) is 4.57. The van der Waals surface area contributed by atoms with Gasteiger partial charge >= 0.3 is 0 Å². The smallest absolute Gasteiger partial charge is 0.291 e. The van der Waals surface area contributed by atoms with Gasteiger partial charge in [-0.05, 0) is 31.2 Å². The van der Waals surface area contributed by atoms with Crippen molar-refractivity contribution in [3.8, 4) is 0 Å². The monoisotopic (exact) mass is 301 g/mol. The molecule has 1 atom stereocenters. The Bertz CT molecular complexity index is 694. The highest BCUT2D eigenvalue weighted by molar-refractivity contribution is 6.08. The number of carbonyl (C=O) groups excluding carboxylic acids is 3. The molecule has 0 saturated carbocycles. The summed E-state index contributed by atoms with van der Waals surface area (Å²) in [7, 11) is 0. The number of aliphatic carboxylic acids is 1. The molecule has 2 rings (SSSR count). The summed E-state index contributed by atoms with van der Waals surface area (Å²) in [6.07, 6.45) is 1.36. The summed E-state index contributed by atoms with van der Waals surface area (Å²) in [6.45, 7) is 1.29. The first-order valence-electron chi connectivity index (χ1n) is 6.44. The molecule has 0 radical (unpaired) electrons. The summed E-state index contributed by atoms with van der Waals surface area (Å²) in [5.41, 5.74) is 0.377. The van der Waals surface area contributed by atoms with Crippen LogP contribution in [0.1, 0.15) is 27.8 Å². The van der Waals surface area contributed by atoms with E-state index in [0.29, 0.717) is 0 Å². The molecule has 1 aromatic heterocycles. The fourth-order valence-corrected chi connectivity index (χ4v) is 1.72. The first-order valence-corrected chi connectivity index (χ1v) is 6.44. The van der Waals surface area contributed by atoms with Gasteiger partial charge in [0, 0.05) is 0 Å². The van der Waals surface area contributed by atoms with Crippen LogP contribution in [-0.4, -0.2) is 23.8 Å². The van der Waals surface area contributed by atoms with E-state index in [-0.39, 0.29) is 17.0 Å². The first-order chi connectivity index (χ1) is 10.5. The zero-order chi connectivity index (χ0) is 16.1. The largest absolute Gasteiger partial charge is 0.548 e. The highest BCUT2D eigenvalue weighted by Gasteiger charge is 2.16. The minimum absolute atomic E-state index is 0.0957. The second-order valence-electron chi connectivity index (χ2n) is 4.49. The fourth-order valence-electron chi connectivity index (χ4n) is 1.72. The van der Waals surface area contributed by atoms with Gasteiger partial charge in [-0.1, -0.05) is 12.1 Å². The molecule has 7 heteroatoms. The van der Waals surface area contributed by atoms with Crippen LogP contribution < -0.4 is 15.7 Å². The van der Waals surface area contributed by atoms with Crippen LogP contribution in [0.15, 0.2) is 47.1 Å². The van der Waals surface area contributed by atoms with Crippen LogP contribution in [0.2, 0.25) is 0 Å². The molecule has 0 aliphatic carbocycles. The fraction of sp³-hybridized carbons (Fsp3) is 0.133. The third-order valence-corrected chi connectivity index (χ3v) is 2.87. The molecular formula is C15H13N2O5-. The van der Waals surface area contributed by atoms with E-state index in [2.05, 4.69) is 10.6 Å². The molecule has 0 saturated heterocycles. The lowest BCUT2D eigenvalue weighted by atomic mass is 10.1. The quantitative estimate of drug-likeness (QED) is 0.830. The van der Waals surface area contributed by atoms with Crippen LogP contribution in [0.5, 0.6) is 0 Å². The number of para-hydroxylation sites is 1. The van der Waals surface area contributed by atoms with Crippen LogP contribution >= 0.6 is 0 Å². The Labute approximate surface area is 125 Å². The number of hydrogen-bond donors (Lipinski definition) is 2. The number of hydrogen-bond acceptors (Lipinski definition) is 5. The van der Waals surface area contributed by atoms with Crippen molar-refractivity contribution in [1.29, 1.82) is 0 Å². The lowest BCUT2D eigenvalue weighted by Crippen LogP contribution is -2.46. The number of anilines is 1. The van der Waals surface area contributed by atoms with Gasteiger partial charge in [-0.15, -0.1) is 0 Å². The van der Waals surface area contributed by atoms with Crippen LogP contribution in [0.25, 0.3) is 0 Å². The highest BCUT2D eigenvalue weighted by atomic mass is 16.4. The van der Waals surface area contributed by atoms with Crippen molar-refractivity contribution in [1.82, 2.24) is 5.32 Å². The number of rotatable bonds is 5. The molecule has 2 aromatic rings. The molecule has 0 fully saturated rings. The van der Waals surface area contributed by atoms with E-state index in [4.69, 9.17) is 4.42 Å². The Hall–Kier alpha value is -3.09. The van der Waals surface area contributed by atoms with Gasteiger partial charge in [0.25, 0.3) is 11.8 Å². The topological polar surface area (TPSA) is 111 Å². The van der Waals surface area contributed by atoms with E-state index < -0.39 is 23.8 Å². The zero-order valence-electron chi connectivity index (χ0n) is 11.7. The second-order valence-corrected chi connectivity index (χ2v) is 4.49. The molecule has 114 valence electrons. The molecule has 1 aromatic carbocycles. The van der Waals surface area contributed by atoms with Crippen molar-refractivity contribution in [2.24, 2.45) is 0 Å². The Morgan fingerprint density at radius 2 is 1.82 bits per heavy atom. The van der Waals surface area contributed by atoms with E-state index >= 15 is 0 Å². The summed E-state index contributed by atoms with van der Waals surface area (Å²) in [5, 5.41) is 15.5. The maximum absolute atomic E-state index is 12.1. The predicted molar refractivity (Wildman–Crippen MR) is 75.0 cm³/mol. The number of benzene rings is 1. The average Bonchev–Trinajstić information content (AvgIpc) is 3.01. The molecule has 1 heterocycles. The zero-order valence-corrected chi connectivity index (χ0v) is 11.7. The van der Waals surface area contributed by atoms with Crippen LogP contribution in [-0.2, 0) is 4.79 Å². The number of carboxylic acid groups (broad SMARTS) is 1. The van der Waals surface area contributed by atoms with Crippen LogP contribution in [0, 0.1) is 0 Å². The van der Waals surface area contributed by atoms with Gasteiger partial charge in [0.15, 0.2) is 5.76 Å². The standard InChI is InChI=1S/C15H14N2O5/c1-9(15(20)21)16-13(18)10-5-2-3-6-11(10)17-14(19)12-7-4-8-22-12/h2-9H,1H3,(H,16,18)(H,17,19)(H,20,21)/p-1/t9-/m0/s1. The van der Waals surface area contributed by atoms with E-state index in [1.54, 1.807) is 18.2 Å². The van der Waals surface area contributed by atoms with E-state index in [1.807, 2.05) is 0 Å². The highest BCUT2D eigenvalue weighted by Crippen LogP contribution is 2.16. The van der Waals surface area contributed by atoms with Crippen molar-refractivity contribution >= 4 is 23.5 Å². The average molecular weight is 301 g/mol. The summed E-state index contributed by atoms with van der Waals surface area (Å²) in [4.78, 5) is 34.7. The van der Waals surface area contributed by atoms with Crippen molar-refractivity contribution in [3.05, 3.63) is 54.0 Å².